The average molecular weight is 415 g/mol. The monoisotopic (exact) mass is 415 g/mol. The van der Waals surface area contributed by atoms with E-state index in [1.165, 1.54) is 32.4 Å². The fraction of sp³-hybridized carbons (Fsp3) is 0.318. The van der Waals surface area contributed by atoms with Crippen LogP contribution in [0.3, 0.4) is 0 Å². The molecule has 1 amide bonds. The Bertz CT molecular complexity index is 887. The first kappa shape index (κ1) is 22.7. The molecule has 0 fully saturated rings. The van der Waals surface area contributed by atoms with Crippen molar-refractivity contribution >= 4 is 23.5 Å². The Morgan fingerprint density at radius 1 is 0.800 bits per heavy atom. The van der Waals surface area contributed by atoms with Crippen LogP contribution in [0, 0.1) is 0 Å². The van der Waals surface area contributed by atoms with Gasteiger partial charge in [0, 0.05) is 5.69 Å². The van der Waals surface area contributed by atoms with Crippen LogP contribution < -0.4 is 14.8 Å². The number of methoxy groups -OCH3 is 2. The number of hydrogen-bond acceptors (Lipinski definition) is 7. The first-order valence-corrected chi connectivity index (χ1v) is 9.41. The highest BCUT2D eigenvalue weighted by molar-refractivity contribution is 5.99. The van der Waals surface area contributed by atoms with Crippen molar-refractivity contribution in [1.29, 1.82) is 0 Å². The van der Waals surface area contributed by atoms with E-state index in [9.17, 15) is 14.4 Å². The number of anilines is 1. The minimum absolute atomic E-state index is 0.0543. The molecule has 0 heterocycles. The molecule has 0 aliphatic rings. The quantitative estimate of drug-likeness (QED) is 0.628. The van der Waals surface area contributed by atoms with Crippen molar-refractivity contribution in [3.63, 3.8) is 0 Å². The minimum atomic E-state index is -0.598. The SMILES string of the molecule is CCOC(=O)c1cc(NC(=O)Cc2ccc(OC)c(OC)c2)cc(C(=O)OCC)c1. The molecule has 0 radical (unpaired) electrons. The second-order valence-corrected chi connectivity index (χ2v) is 6.15. The van der Waals surface area contributed by atoms with Gasteiger partial charge in [0.2, 0.25) is 5.91 Å². The summed E-state index contributed by atoms with van der Waals surface area (Å²) in [6, 6.07) is 9.44. The average Bonchev–Trinajstić information content (AvgIpc) is 2.73. The van der Waals surface area contributed by atoms with Crippen LogP contribution in [-0.2, 0) is 20.7 Å². The number of ether oxygens (including phenoxy) is 4. The van der Waals surface area contributed by atoms with Crippen LogP contribution in [-0.4, -0.2) is 45.3 Å². The van der Waals surface area contributed by atoms with Gasteiger partial charge in [-0.25, -0.2) is 9.59 Å². The molecule has 0 bridgehead atoms. The molecule has 0 saturated heterocycles. The summed E-state index contributed by atoms with van der Waals surface area (Å²) >= 11 is 0. The molecule has 0 saturated carbocycles. The van der Waals surface area contributed by atoms with Gasteiger partial charge in [0.15, 0.2) is 11.5 Å². The molecule has 2 aromatic carbocycles. The molecule has 0 aliphatic heterocycles. The summed E-state index contributed by atoms with van der Waals surface area (Å²) in [6.07, 6.45) is 0.0543. The van der Waals surface area contributed by atoms with Gasteiger partial charge in [-0.1, -0.05) is 6.07 Å². The largest absolute Gasteiger partial charge is 0.493 e. The lowest BCUT2D eigenvalue weighted by Crippen LogP contribution is -2.16. The summed E-state index contributed by atoms with van der Waals surface area (Å²) < 4.78 is 20.4. The van der Waals surface area contributed by atoms with Crippen molar-refractivity contribution in [3.8, 4) is 11.5 Å². The van der Waals surface area contributed by atoms with Gasteiger partial charge in [0.1, 0.15) is 0 Å². The number of amides is 1. The molecular weight excluding hydrogens is 390 g/mol. The van der Waals surface area contributed by atoms with E-state index in [1.807, 2.05) is 0 Å². The Hall–Kier alpha value is -3.55. The summed E-state index contributed by atoms with van der Waals surface area (Å²) in [5.74, 6) is -0.462. The lowest BCUT2D eigenvalue weighted by Gasteiger charge is -2.12. The maximum absolute atomic E-state index is 12.5. The molecule has 2 aromatic rings. The van der Waals surface area contributed by atoms with Gasteiger partial charge in [-0.05, 0) is 49.7 Å². The van der Waals surface area contributed by atoms with Gasteiger partial charge < -0.3 is 24.3 Å². The molecule has 0 atom stereocenters. The van der Waals surface area contributed by atoms with Crippen LogP contribution in [0.4, 0.5) is 5.69 Å². The van der Waals surface area contributed by atoms with E-state index in [0.717, 1.165) is 0 Å². The van der Waals surface area contributed by atoms with E-state index < -0.39 is 11.9 Å². The number of esters is 2. The van der Waals surface area contributed by atoms with Crippen LogP contribution in [0.15, 0.2) is 36.4 Å². The van der Waals surface area contributed by atoms with Crippen molar-refractivity contribution in [3.05, 3.63) is 53.1 Å². The van der Waals surface area contributed by atoms with Crippen LogP contribution in [0.2, 0.25) is 0 Å². The zero-order chi connectivity index (χ0) is 22.1. The van der Waals surface area contributed by atoms with Crippen LogP contribution in [0.1, 0.15) is 40.1 Å². The zero-order valence-corrected chi connectivity index (χ0v) is 17.4. The number of hydrogen-bond donors (Lipinski definition) is 1. The normalized spacial score (nSPS) is 10.1. The Kier molecular flexibility index (Phi) is 8.22. The Labute approximate surface area is 175 Å². The Morgan fingerprint density at radius 3 is 1.87 bits per heavy atom. The summed E-state index contributed by atoms with van der Waals surface area (Å²) in [4.78, 5) is 36.8. The van der Waals surface area contributed by atoms with E-state index in [4.69, 9.17) is 18.9 Å². The molecule has 0 aliphatic carbocycles. The summed E-state index contributed by atoms with van der Waals surface area (Å²) in [5.41, 5.74) is 1.28. The molecule has 0 aromatic heterocycles. The predicted molar refractivity (Wildman–Crippen MR) is 110 cm³/mol. The van der Waals surface area contributed by atoms with Gasteiger partial charge >= 0.3 is 11.9 Å². The standard InChI is InChI=1S/C22H25NO7/c1-5-29-21(25)15-11-16(22(26)30-6-2)13-17(12-15)23-20(24)10-14-7-8-18(27-3)19(9-14)28-4/h7-9,11-13H,5-6,10H2,1-4H3,(H,23,24). The molecule has 0 spiro atoms. The maximum Gasteiger partial charge on any atom is 0.338 e. The molecule has 160 valence electrons. The van der Waals surface area contributed by atoms with Crippen molar-refractivity contribution in [2.24, 2.45) is 0 Å². The van der Waals surface area contributed by atoms with Crippen LogP contribution in [0.25, 0.3) is 0 Å². The van der Waals surface area contributed by atoms with Crippen LogP contribution >= 0.6 is 0 Å². The molecule has 1 N–H and O–H groups in total. The van der Waals surface area contributed by atoms with Crippen molar-refractivity contribution < 1.29 is 33.3 Å². The highest BCUT2D eigenvalue weighted by Gasteiger charge is 2.16. The molecular formula is C22H25NO7. The van der Waals surface area contributed by atoms with Gasteiger partial charge in [0.05, 0.1) is 45.0 Å². The van der Waals surface area contributed by atoms with Gasteiger partial charge in [-0.15, -0.1) is 0 Å². The van der Waals surface area contributed by atoms with E-state index in [1.54, 1.807) is 32.0 Å². The van der Waals surface area contributed by atoms with E-state index in [2.05, 4.69) is 5.32 Å². The number of rotatable bonds is 9. The highest BCUT2D eigenvalue weighted by atomic mass is 16.5. The van der Waals surface area contributed by atoms with Crippen molar-refractivity contribution in [2.45, 2.75) is 20.3 Å². The molecule has 2 rings (SSSR count). The van der Waals surface area contributed by atoms with E-state index >= 15 is 0 Å². The fourth-order valence-corrected chi connectivity index (χ4v) is 2.75. The van der Waals surface area contributed by atoms with Gasteiger partial charge in [0.25, 0.3) is 0 Å². The van der Waals surface area contributed by atoms with Gasteiger partial charge in [-0.3, -0.25) is 4.79 Å². The Balaban J connectivity index is 2.24. The molecule has 8 nitrogen and oxygen atoms in total. The summed E-state index contributed by atoms with van der Waals surface area (Å²) in [6.45, 7) is 3.73. The zero-order valence-electron chi connectivity index (χ0n) is 17.4. The molecule has 0 unspecified atom stereocenters. The lowest BCUT2D eigenvalue weighted by molar-refractivity contribution is -0.115. The first-order chi connectivity index (χ1) is 14.4. The highest BCUT2D eigenvalue weighted by Crippen LogP contribution is 2.28. The lowest BCUT2D eigenvalue weighted by atomic mass is 10.1. The second-order valence-electron chi connectivity index (χ2n) is 6.15. The third-order valence-electron chi connectivity index (χ3n) is 4.05. The number of carbonyl (C=O) groups is 3. The van der Waals surface area contributed by atoms with Crippen molar-refractivity contribution in [2.75, 3.05) is 32.8 Å². The number of nitrogens with one attached hydrogen (secondary N) is 1. The third-order valence-corrected chi connectivity index (χ3v) is 4.05. The number of carbonyl (C=O) groups excluding carboxylic acids is 3. The van der Waals surface area contributed by atoms with Gasteiger partial charge in [-0.2, -0.15) is 0 Å². The maximum atomic E-state index is 12.5. The summed E-state index contributed by atoms with van der Waals surface area (Å²) in [7, 11) is 3.04. The summed E-state index contributed by atoms with van der Waals surface area (Å²) in [5, 5.41) is 2.70. The Morgan fingerprint density at radius 2 is 1.37 bits per heavy atom. The van der Waals surface area contributed by atoms with Crippen molar-refractivity contribution in [1.82, 2.24) is 0 Å². The third kappa shape index (κ3) is 5.97. The number of benzene rings is 2. The smallest absolute Gasteiger partial charge is 0.338 e. The van der Waals surface area contributed by atoms with E-state index in [0.29, 0.717) is 17.1 Å². The van der Waals surface area contributed by atoms with Crippen LogP contribution in [0.5, 0.6) is 11.5 Å². The fourth-order valence-electron chi connectivity index (χ4n) is 2.75. The topological polar surface area (TPSA) is 100 Å². The minimum Gasteiger partial charge on any atom is -0.493 e. The first-order valence-electron chi connectivity index (χ1n) is 9.41. The molecule has 8 heteroatoms. The van der Waals surface area contributed by atoms with E-state index in [-0.39, 0.29) is 42.4 Å². The second kappa shape index (κ2) is 10.8. The molecule has 30 heavy (non-hydrogen) atoms. The predicted octanol–water partition coefficient (Wildman–Crippen LogP) is 3.24.